The first-order valence-corrected chi connectivity index (χ1v) is 7.75. The third-order valence-electron chi connectivity index (χ3n) is 3.40. The van der Waals surface area contributed by atoms with Gasteiger partial charge in [0, 0.05) is 19.3 Å². The molecule has 0 aliphatic heterocycles. The third-order valence-corrected chi connectivity index (χ3v) is 4.94. The van der Waals surface area contributed by atoms with E-state index in [2.05, 4.69) is 9.71 Å². The number of nitrogens with two attached hydrogens (primary N) is 1. The van der Waals surface area contributed by atoms with E-state index >= 15 is 0 Å². The van der Waals surface area contributed by atoms with Crippen LogP contribution >= 0.6 is 0 Å². The fourth-order valence-corrected chi connectivity index (χ4v) is 3.32. The van der Waals surface area contributed by atoms with E-state index in [4.69, 9.17) is 5.73 Å². The Morgan fingerprint density at radius 1 is 1.44 bits per heavy atom. The summed E-state index contributed by atoms with van der Waals surface area (Å²) in [6.45, 7) is 0.617. The highest BCUT2D eigenvalue weighted by molar-refractivity contribution is 7.89. The van der Waals surface area contributed by atoms with Gasteiger partial charge >= 0.3 is 0 Å². The van der Waals surface area contributed by atoms with Gasteiger partial charge in [0.15, 0.2) is 0 Å². The largest absolute Gasteiger partial charge is 0.325 e. The summed E-state index contributed by atoms with van der Waals surface area (Å²) in [5, 5.41) is 0. The van der Waals surface area contributed by atoms with Crippen LogP contribution in [0.1, 0.15) is 31.4 Å². The Balaban J connectivity index is 2.00. The summed E-state index contributed by atoms with van der Waals surface area (Å²) in [5.74, 6) is 0.690. The van der Waals surface area contributed by atoms with Crippen molar-refractivity contribution in [2.75, 3.05) is 6.54 Å². The number of sulfonamides is 1. The summed E-state index contributed by atoms with van der Waals surface area (Å²) < 4.78 is 26.8. The third kappa shape index (κ3) is 3.07. The molecule has 0 aromatic carbocycles. The van der Waals surface area contributed by atoms with Crippen molar-refractivity contribution in [1.82, 2.24) is 9.71 Å². The van der Waals surface area contributed by atoms with Gasteiger partial charge in [-0.15, -0.1) is 0 Å². The molecule has 0 saturated heterocycles. The number of pyridine rings is 1. The topological polar surface area (TPSA) is 85.1 Å². The predicted octanol–water partition coefficient (Wildman–Crippen LogP) is 1.01. The predicted molar refractivity (Wildman–Crippen MR) is 69.3 cm³/mol. The standard InChI is InChI=1S/C12H19N3O2S/c13-9-11-12(5-2-7-14-11)18(16,17)15-8-6-10-3-1-4-10/h2,5,7,10,15H,1,3-4,6,8-9,13H2. The fourth-order valence-electron chi connectivity index (χ4n) is 2.08. The Morgan fingerprint density at radius 3 is 2.83 bits per heavy atom. The Labute approximate surface area is 108 Å². The zero-order valence-corrected chi connectivity index (χ0v) is 11.1. The van der Waals surface area contributed by atoms with E-state index in [1.54, 1.807) is 18.3 Å². The average molecular weight is 269 g/mol. The van der Waals surface area contributed by atoms with E-state index in [1.165, 1.54) is 19.3 Å². The van der Waals surface area contributed by atoms with Crippen LogP contribution in [0.5, 0.6) is 0 Å². The maximum Gasteiger partial charge on any atom is 0.242 e. The molecule has 1 aromatic heterocycles. The van der Waals surface area contributed by atoms with Gasteiger partial charge in [0.2, 0.25) is 10.0 Å². The van der Waals surface area contributed by atoms with E-state index in [-0.39, 0.29) is 11.4 Å². The second-order valence-corrected chi connectivity index (χ2v) is 6.37. The van der Waals surface area contributed by atoms with E-state index < -0.39 is 10.0 Å². The van der Waals surface area contributed by atoms with Crippen LogP contribution in [0.3, 0.4) is 0 Å². The first kappa shape index (κ1) is 13.5. The normalized spacial score (nSPS) is 16.5. The molecular weight excluding hydrogens is 250 g/mol. The molecule has 0 spiro atoms. The van der Waals surface area contributed by atoms with Crippen molar-refractivity contribution < 1.29 is 8.42 Å². The summed E-state index contributed by atoms with van der Waals surface area (Å²) in [6, 6.07) is 3.15. The van der Waals surface area contributed by atoms with Crippen LogP contribution in [0.25, 0.3) is 0 Å². The van der Waals surface area contributed by atoms with Gasteiger partial charge in [-0.1, -0.05) is 19.3 Å². The highest BCUT2D eigenvalue weighted by Gasteiger charge is 2.20. The molecule has 1 aliphatic carbocycles. The number of rotatable bonds is 6. The van der Waals surface area contributed by atoms with Gasteiger partial charge in [0.05, 0.1) is 5.69 Å². The summed E-state index contributed by atoms with van der Waals surface area (Å²) in [5.41, 5.74) is 5.91. The van der Waals surface area contributed by atoms with E-state index in [1.807, 2.05) is 0 Å². The van der Waals surface area contributed by atoms with Crippen LogP contribution in [0, 0.1) is 5.92 Å². The van der Waals surface area contributed by atoms with Gasteiger partial charge in [0.25, 0.3) is 0 Å². The van der Waals surface area contributed by atoms with E-state index in [9.17, 15) is 8.42 Å². The van der Waals surface area contributed by atoms with Crippen molar-refractivity contribution in [3.05, 3.63) is 24.0 Å². The molecule has 100 valence electrons. The summed E-state index contributed by atoms with van der Waals surface area (Å²) in [7, 11) is -3.48. The average Bonchev–Trinajstić information content (AvgIpc) is 2.32. The molecule has 2 rings (SSSR count). The lowest BCUT2D eigenvalue weighted by Crippen LogP contribution is -2.28. The fraction of sp³-hybridized carbons (Fsp3) is 0.583. The number of aromatic nitrogens is 1. The van der Waals surface area contributed by atoms with E-state index in [0.717, 1.165) is 6.42 Å². The van der Waals surface area contributed by atoms with Crippen molar-refractivity contribution in [3.63, 3.8) is 0 Å². The Bertz CT molecular complexity index is 498. The zero-order chi connectivity index (χ0) is 13.0. The molecule has 6 heteroatoms. The first-order valence-electron chi connectivity index (χ1n) is 6.27. The molecule has 1 fully saturated rings. The first-order chi connectivity index (χ1) is 8.63. The Morgan fingerprint density at radius 2 is 2.22 bits per heavy atom. The molecular formula is C12H19N3O2S. The SMILES string of the molecule is NCc1ncccc1S(=O)(=O)NCCC1CCC1. The molecule has 3 N–H and O–H groups in total. The van der Waals surface area contributed by atoms with Gasteiger partial charge < -0.3 is 5.73 Å². The van der Waals surface area contributed by atoms with Crippen LogP contribution in [-0.2, 0) is 16.6 Å². The van der Waals surface area contributed by atoms with Gasteiger partial charge in [-0.3, -0.25) is 4.98 Å². The monoisotopic (exact) mass is 269 g/mol. The highest BCUT2D eigenvalue weighted by atomic mass is 32.2. The minimum atomic E-state index is -3.48. The smallest absolute Gasteiger partial charge is 0.242 e. The molecule has 0 atom stereocenters. The quantitative estimate of drug-likeness (QED) is 0.807. The van der Waals surface area contributed by atoms with Crippen LogP contribution in [-0.4, -0.2) is 19.9 Å². The van der Waals surface area contributed by atoms with Gasteiger partial charge in [-0.25, -0.2) is 13.1 Å². The van der Waals surface area contributed by atoms with E-state index in [0.29, 0.717) is 18.2 Å². The second kappa shape index (κ2) is 5.77. The van der Waals surface area contributed by atoms with Crippen molar-refractivity contribution in [1.29, 1.82) is 0 Å². The summed E-state index contributed by atoms with van der Waals surface area (Å²) in [6.07, 6.45) is 6.19. The second-order valence-electron chi connectivity index (χ2n) is 4.64. The van der Waals surface area contributed by atoms with Crippen LogP contribution in [0.15, 0.2) is 23.2 Å². The van der Waals surface area contributed by atoms with Crippen LogP contribution in [0.2, 0.25) is 0 Å². The molecule has 0 unspecified atom stereocenters. The van der Waals surface area contributed by atoms with Crippen molar-refractivity contribution >= 4 is 10.0 Å². The molecule has 1 saturated carbocycles. The van der Waals surface area contributed by atoms with Crippen molar-refractivity contribution in [3.8, 4) is 0 Å². The Hall–Kier alpha value is -0.980. The highest BCUT2D eigenvalue weighted by Crippen LogP contribution is 2.28. The zero-order valence-electron chi connectivity index (χ0n) is 10.3. The van der Waals surface area contributed by atoms with Crippen molar-refractivity contribution in [2.24, 2.45) is 11.7 Å². The number of hydrogen-bond acceptors (Lipinski definition) is 4. The van der Waals surface area contributed by atoms with Gasteiger partial charge in [0.1, 0.15) is 4.90 Å². The summed E-state index contributed by atoms with van der Waals surface area (Å²) >= 11 is 0. The maximum absolute atomic E-state index is 12.1. The molecule has 0 bridgehead atoms. The van der Waals surface area contributed by atoms with Crippen LogP contribution in [0.4, 0.5) is 0 Å². The molecule has 18 heavy (non-hydrogen) atoms. The number of hydrogen-bond donors (Lipinski definition) is 2. The minimum Gasteiger partial charge on any atom is -0.325 e. The lowest BCUT2D eigenvalue weighted by Gasteiger charge is -2.25. The number of nitrogens with zero attached hydrogens (tertiary/aromatic N) is 1. The molecule has 1 aromatic rings. The maximum atomic E-state index is 12.1. The molecule has 0 amide bonds. The molecule has 5 nitrogen and oxygen atoms in total. The van der Waals surface area contributed by atoms with Gasteiger partial charge in [-0.05, 0) is 24.5 Å². The van der Waals surface area contributed by atoms with Crippen LogP contribution < -0.4 is 10.5 Å². The minimum absolute atomic E-state index is 0.125. The molecule has 1 aliphatic rings. The lowest BCUT2D eigenvalue weighted by molar-refractivity contribution is 0.297. The van der Waals surface area contributed by atoms with Gasteiger partial charge in [-0.2, -0.15) is 0 Å². The Kier molecular flexibility index (Phi) is 4.31. The lowest BCUT2D eigenvalue weighted by atomic mass is 9.83. The number of nitrogens with one attached hydrogen (secondary N) is 1. The molecule has 0 radical (unpaired) electrons. The molecule has 1 heterocycles. The van der Waals surface area contributed by atoms with Crippen molar-refractivity contribution in [2.45, 2.75) is 37.1 Å². The summed E-state index contributed by atoms with van der Waals surface area (Å²) in [4.78, 5) is 4.19.